The summed E-state index contributed by atoms with van der Waals surface area (Å²) in [6, 6.07) is 2.70. The van der Waals surface area contributed by atoms with E-state index in [1.54, 1.807) is 19.2 Å². The molecule has 0 aliphatic carbocycles. The van der Waals surface area contributed by atoms with Gasteiger partial charge in [0.2, 0.25) is 0 Å². The number of rotatable bonds is 4. The van der Waals surface area contributed by atoms with Gasteiger partial charge >= 0.3 is 5.97 Å². The zero-order valence-electron chi connectivity index (χ0n) is 8.94. The summed E-state index contributed by atoms with van der Waals surface area (Å²) in [6.07, 6.45) is 0.274. The minimum atomic E-state index is -1.01. The van der Waals surface area contributed by atoms with Crippen molar-refractivity contribution in [3.63, 3.8) is 0 Å². The summed E-state index contributed by atoms with van der Waals surface area (Å²) in [5, 5.41) is 8.71. The van der Waals surface area contributed by atoms with Crippen LogP contribution in [-0.4, -0.2) is 24.2 Å². The molecule has 0 saturated carbocycles. The monoisotopic (exact) mass is 387 g/mol. The third-order valence-electron chi connectivity index (χ3n) is 2.04. The lowest BCUT2D eigenvalue weighted by molar-refractivity contribution is -0.138. The number of ether oxygens (including phenoxy) is 1. The lowest BCUT2D eigenvalue weighted by atomic mass is 10.1. The Morgan fingerprint density at radius 2 is 1.94 bits per heavy atom. The highest BCUT2D eigenvalue weighted by atomic mass is 79.9. The molecular weight excluding hydrogens is 377 g/mol. The summed E-state index contributed by atoms with van der Waals surface area (Å²) in [7, 11) is 1.56. The molecule has 4 nitrogen and oxygen atoms in total. The molecule has 1 atom stereocenters. The Bertz CT molecular complexity index is 392. The summed E-state index contributed by atoms with van der Waals surface area (Å²) >= 11 is 6.68. The smallest absolute Gasteiger partial charge is 0.320 e. The van der Waals surface area contributed by atoms with Crippen LogP contribution in [0.1, 0.15) is 5.56 Å². The number of carboxylic acids is 1. The van der Waals surface area contributed by atoms with E-state index in [1.165, 1.54) is 0 Å². The number of methoxy groups -OCH3 is 1. The average Bonchev–Trinajstić information content (AvgIpc) is 2.16. The van der Waals surface area contributed by atoms with Gasteiger partial charge in [0.25, 0.3) is 0 Å². The molecule has 1 aromatic rings. The van der Waals surface area contributed by atoms with Crippen LogP contribution < -0.4 is 10.5 Å². The maximum Gasteiger partial charge on any atom is 0.320 e. The van der Waals surface area contributed by atoms with Crippen LogP contribution in [0.2, 0.25) is 0 Å². The number of halogens is 3. The molecule has 0 heterocycles. The predicted molar refractivity (Wildman–Crippen MR) is 75.0 cm³/mol. The predicted octanol–water partition coefficient (Wildman–Crippen LogP) is 2.60. The van der Waals surface area contributed by atoms with Gasteiger partial charge in [-0.05, 0) is 56.0 Å². The summed E-state index contributed by atoms with van der Waals surface area (Å²) in [4.78, 5) is 10.6. The highest BCUT2D eigenvalue weighted by Gasteiger charge is 2.14. The van der Waals surface area contributed by atoms with Crippen LogP contribution in [0.25, 0.3) is 0 Å². The molecule has 0 amide bonds. The second-order valence-electron chi connectivity index (χ2n) is 3.24. The molecule has 1 aromatic carbocycles. The summed E-state index contributed by atoms with van der Waals surface area (Å²) in [5.41, 5.74) is 6.29. The Morgan fingerprint density at radius 1 is 1.47 bits per heavy atom. The van der Waals surface area contributed by atoms with Gasteiger partial charge in [-0.15, -0.1) is 12.4 Å². The van der Waals surface area contributed by atoms with E-state index in [1.807, 2.05) is 0 Å². The molecule has 0 bridgehead atoms. The van der Waals surface area contributed by atoms with Crippen molar-refractivity contribution in [3.05, 3.63) is 26.6 Å². The lowest BCUT2D eigenvalue weighted by Crippen LogP contribution is -2.32. The Morgan fingerprint density at radius 3 is 2.29 bits per heavy atom. The van der Waals surface area contributed by atoms with Crippen molar-refractivity contribution in [2.75, 3.05) is 7.11 Å². The molecule has 3 N–H and O–H groups in total. The van der Waals surface area contributed by atoms with Crippen molar-refractivity contribution in [2.45, 2.75) is 12.5 Å². The van der Waals surface area contributed by atoms with Crippen LogP contribution in [0.4, 0.5) is 0 Å². The highest BCUT2D eigenvalue weighted by Crippen LogP contribution is 2.34. The van der Waals surface area contributed by atoms with Gasteiger partial charge < -0.3 is 15.6 Å². The number of hydrogen-bond donors (Lipinski definition) is 2. The van der Waals surface area contributed by atoms with E-state index in [0.29, 0.717) is 5.75 Å². The van der Waals surface area contributed by atoms with Gasteiger partial charge in [0.05, 0.1) is 16.1 Å². The van der Waals surface area contributed by atoms with Crippen molar-refractivity contribution in [2.24, 2.45) is 5.73 Å². The summed E-state index contributed by atoms with van der Waals surface area (Å²) < 4.78 is 6.66. The fourth-order valence-corrected chi connectivity index (χ4v) is 2.87. The molecule has 1 rings (SSSR count). The maximum absolute atomic E-state index is 10.6. The zero-order valence-corrected chi connectivity index (χ0v) is 12.9. The average molecular weight is 389 g/mol. The van der Waals surface area contributed by atoms with E-state index in [4.69, 9.17) is 15.6 Å². The van der Waals surface area contributed by atoms with Crippen LogP contribution in [0.3, 0.4) is 0 Å². The van der Waals surface area contributed by atoms with Gasteiger partial charge in [-0.25, -0.2) is 0 Å². The first-order valence-corrected chi connectivity index (χ1v) is 6.04. The third kappa shape index (κ3) is 4.46. The Balaban J connectivity index is 0.00000256. The SMILES string of the molecule is COc1c(Br)cc(C[C@H](N)C(=O)O)cc1Br.Cl. The summed E-state index contributed by atoms with van der Waals surface area (Å²) in [5.74, 6) is -0.337. The summed E-state index contributed by atoms with van der Waals surface area (Å²) in [6.45, 7) is 0. The van der Waals surface area contributed by atoms with Crippen LogP contribution in [-0.2, 0) is 11.2 Å². The van der Waals surface area contributed by atoms with Crippen molar-refractivity contribution in [3.8, 4) is 5.75 Å². The number of benzene rings is 1. The van der Waals surface area contributed by atoms with Gasteiger partial charge in [-0.3, -0.25) is 4.79 Å². The van der Waals surface area contributed by atoms with Crippen molar-refractivity contribution >= 4 is 50.2 Å². The number of hydrogen-bond acceptors (Lipinski definition) is 3. The van der Waals surface area contributed by atoms with Crippen molar-refractivity contribution in [1.82, 2.24) is 0 Å². The molecule has 0 fully saturated rings. The van der Waals surface area contributed by atoms with Gasteiger partial charge in [-0.1, -0.05) is 0 Å². The first kappa shape index (κ1) is 16.7. The minimum absolute atomic E-state index is 0. The number of carboxylic acid groups (broad SMARTS) is 1. The van der Waals surface area contributed by atoms with Crippen LogP contribution in [0.15, 0.2) is 21.1 Å². The molecule has 17 heavy (non-hydrogen) atoms. The third-order valence-corrected chi connectivity index (χ3v) is 3.21. The van der Waals surface area contributed by atoms with Crippen molar-refractivity contribution < 1.29 is 14.6 Å². The molecule has 0 saturated heterocycles. The van der Waals surface area contributed by atoms with E-state index < -0.39 is 12.0 Å². The highest BCUT2D eigenvalue weighted by molar-refractivity contribution is 9.11. The second kappa shape index (κ2) is 7.20. The maximum atomic E-state index is 10.6. The number of aliphatic carboxylic acids is 1. The first-order valence-electron chi connectivity index (χ1n) is 4.46. The van der Waals surface area contributed by atoms with Gasteiger partial charge in [0.1, 0.15) is 11.8 Å². The Kier molecular flexibility index (Phi) is 7.08. The van der Waals surface area contributed by atoms with E-state index in [2.05, 4.69) is 31.9 Å². The first-order chi connectivity index (χ1) is 7.45. The van der Waals surface area contributed by atoms with Gasteiger partial charge in [-0.2, -0.15) is 0 Å². The largest absolute Gasteiger partial charge is 0.494 e. The molecule has 0 aliphatic rings. The van der Waals surface area contributed by atoms with E-state index in [0.717, 1.165) is 14.5 Å². The number of nitrogens with two attached hydrogens (primary N) is 1. The van der Waals surface area contributed by atoms with Crippen LogP contribution in [0, 0.1) is 0 Å². The molecule has 0 aromatic heterocycles. The van der Waals surface area contributed by atoms with E-state index in [-0.39, 0.29) is 18.8 Å². The molecule has 0 aliphatic heterocycles. The van der Waals surface area contributed by atoms with Crippen LogP contribution in [0.5, 0.6) is 5.75 Å². The minimum Gasteiger partial charge on any atom is -0.494 e. The van der Waals surface area contributed by atoms with Gasteiger partial charge in [0.15, 0.2) is 0 Å². The second-order valence-corrected chi connectivity index (χ2v) is 4.95. The van der Waals surface area contributed by atoms with Crippen molar-refractivity contribution in [1.29, 1.82) is 0 Å². The van der Waals surface area contributed by atoms with E-state index >= 15 is 0 Å². The van der Waals surface area contributed by atoms with Gasteiger partial charge in [0, 0.05) is 0 Å². The quantitative estimate of drug-likeness (QED) is 0.830. The fourth-order valence-electron chi connectivity index (χ4n) is 1.27. The fraction of sp³-hybridized carbons (Fsp3) is 0.300. The molecule has 0 spiro atoms. The normalized spacial score (nSPS) is 11.5. The molecule has 0 unspecified atom stereocenters. The topological polar surface area (TPSA) is 72.5 Å². The number of carbonyl (C=O) groups is 1. The molecule has 7 heteroatoms. The molecule has 0 radical (unpaired) electrons. The molecular formula is C10H12Br2ClNO3. The Labute approximate surface area is 122 Å². The molecule has 96 valence electrons. The lowest BCUT2D eigenvalue weighted by Gasteiger charge is -2.11. The van der Waals surface area contributed by atoms with Crippen LogP contribution >= 0.6 is 44.3 Å². The Hall–Kier alpha value is -0.300. The zero-order chi connectivity index (χ0) is 12.3. The standard InChI is InChI=1S/C10H11Br2NO3.ClH/c1-16-9-6(11)2-5(3-7(9)12)4-8(13)10(14)15;/h2-3,8H,4,13H2,1H3,(H,14,15);1H/t8-;/m0./s1. The van der Waals surface area contributed by atoms with E-state index in [9.17, 15) is 4.79 Å².